The van der Waals surface area contributed by atoms with Crippen LogP contribution in [0.15, 0.2) is 18.3 Å². The Balaban J connectivity index is 1.97. The zero-order chi connectivity index (χ0) is 12.8. The summed E-state index contributed by atoms with van der Waals surface area (Å²) in [6, 6.07) is 7.80. The van der Waals surface area contributed by atoms with E-state index < -0.39 is 0 Å². The summed E-state index contributed by atoms with van der Waals surface area (Å²) >= 11 is 2.25. The van der Waals surface area contributed by atoms with Crippen LogP contribution in [0.2, 0.25) is 0 Å². The van der Waals surface area contributed by atoms with E-state index >= 15 is 0 Å². The number of nitrogens with zero attached hydrogens (tertiary/aromatic N) is 3. The molecule has 2 fully saturated rings. The van der Waals surface area contributed by atoms with E-state index in [0.717, 1.165) is 22.1 Å². The number of rotatable bonds is 1. The van der Waals surface area contributed by atoms with Crippen molar-refractivity contribution in [1.29, 1.82) is 5.26 Å². The summed E-state index contributed by atoms with van der Waals surface area (Å²) in [6.45, 7) is 0. The van der Waals surface area contributed by atoms with Crippen molar-refractivity contribution in [1.82, 2.24) is 9.88 Å². The normalized spacial score (nSPS) is 35.4. The fourth-order valence-corrected chi connectivity index (χ4v) is 3.81. The SMILES string of the molecule is CN1C2CCC1CC(C#N)(c1ccc(I)cn1)C2. The first-order chi connectivity index (χ1) is 8.64. The first kappa shape index (κ1) is 12.4. The highest BCUT2D eigenvalue weighted by molar-refractivity contribution is 14.1. The van der Waals surface area contributed by atoms with Crippen LogP contribution in [0.1, 0.15) is 31.4 Å². The van der Waals surface area contributed by atoms with Gasteiger partial charge in [-0.1, -0.05) is 0 Å². The second-order valence-electron chi connectivity index (χ2n) is 5.51. The van der Waals surface area contributed by atoms with E-state index in [1.165, 1.54) is 12.8 Å². The minimum absolute atomic E-state index is 0.358. The third-order valence-electron chi connectivity index (χ3n) is 4.58. The Morgan fingerprint density at radius 2 is 2.06 bits per heavy atom. The molecule has 1 aromatic rings. The molecule has 0 aliphatic carbocycles. The zero-order valence-electron chi connectivity index (χ0n) is 10.4. The van der Waals surface area contributed by atoms with E-state index in [2.05, 4.69) is 51.7 Å². The molecule has 2 aliphatic rings. The second-order valence-corrected chi connectivity index (χ2v) is 6.76. The maximum atomic E-state index is 9.70. The summed E-state index contributed by atoms with van der Waals surface area (Å²) < 4.78 is 1.13. The lowest BCUT2D eigenvalue weighted by Crippen LogP contribution is -2.47. The van der Waals surface area contributed by atoms with Crippen molar-refractivity contribution in [3.05, 3.63) is 27.6 Å². The average molecular weight is 353 g/mol. The summed E-state index contributed by atoms with van der Waals surface area (Å²) in [6.07, 6.45) is 6.20. The van der Waals surface area contributed by atoms with Gasteiger partial charge < -0.3 is 4.90 Å². The summed E-state index contributed by atoms with van der Waals surface area (Å²) in [4.78, 5) is 6.98. The number of nitriles is 1. The standard InChI is InChI=1S/C14H16IN3/c1-18-11-3-4-12(18)7-14(6-11,9-16)13-5-2-10(15)8-17-13/h2,5,8,11-12H,3-4,6-7H2,1H3. The molecule has 3 rings (SSSR count). The maximum Gasteiger partial charge on any atom is 0.102 e. The van der Waals surface area contributed by atoms with Crippen molar-refractivity contribution >= 4 is 22.6 Å². The van der Waals surface area contributed by atoms with Crippen LogP contribution in [-0.2, 0) is 5.41 Å². The van der Waals surface area contributed by atoms with Crippen LogP contribution < -0.4 is 0 Å². The molecule has 0 saturated carbocycles. The van der Waals surface area contributed by atoms with Crippen LogP contribution in [0, 0.1) is 14.9 Å². The van der Waals surface area contributed by atoms with Crippen molar-refractivity contribution in [2.75, 3.05) is 7.05 Å². The van der Waals surface area contributed by atoms with E-state index in [-0.39, 0.29) is 5.41 Å². The molecule has 2 atom stereocenters. The molecule has 0 N–H and O–H groups in total. The number of hydrogen-bond donors (Lipinski definition) is 0. The van der Waals surface area contributed by atoms with Gasteiger partial charge in [-0.05, 0) is 67.5 Å². The van der Waals surface area contributed by atoms with Crippen molar-refractivity contribution in [3.8, 4) is 6.07 Å². The average Bonchev–Trinajstić information content (AvgIpc) is 2.63. The summed E-state index contributed by atoms with van der Waals surface area (Å²) in [5.41, 5.74) is 0.610. The van der Waals surface area contributed by atoms with Gasteiger partial charge >= 0.3 is 0 Å². The van der Waals surface area contributed by atoms with Gasteiger partial charge in [-0.3, -0.25) is 4.98 Å². The molecule has 2 saturated heterocycles. The molecule has 1 aromatic heterocycles. The Labute approximate surface area is 121 Å². The minimum Gasteiger partial charge on any atom is -0.300 e. The number of fused-ring (bicyclic) bond motifs is 2. The lowest BCUT2D eigenvalue weighted by atomic mass is 9.73. The molecule has 0 radical (unpaired) electrons. The quantitative estimate of drug-likeness (QED) is 0.729. The highest BCUT2D eigenvalue weighted by atomic mass is 127. The van der Waals surface area contributed by atoms with Crippen LogP contribution in [0.5, 0.6) is 0 Å². The molecule has 3 heterocycles. The molecule has 4 heteroatoms. The third-order valence-corrected chi connectivity index (χ3v) is 5.22. The van der Waals surface area contributed by atoms with Gasteiger partial charge in [-0.15, -0.1) is 0 Å². The molecule has 2 bridgehead atoms. The smallest absolute Gasteiger partial charge is 0.102 e. The van der Waals surface area contributed by atoms with Crippen molar-refractivity contribution in [2.24, 2.45) is 0 Å². The Morgan fingerprint density at radius 3 is 2.56 bits per heavy atom. The monoisotopic (exact) mass is 353 g/mol. The van der Waals surface area contributed by atoms with Crippen molar-refractivity contribution in [2.45, 2.75) is 43.2 Å². The highest BCUT2D eigenvalue weighted by Gasteiger charge is 2.48. The number of hydrogen-bond acceptors (Lipinski definition) is 3. The van der Waals surface area contributed by atoms with Gasteiger partial charge in [0.05, 0.1) is 11.8 Å². The lowest BCUT2D eigenvalue weighted by Gasteiger charge is -2.40. The molecule has 3 nitrogen and oxygen atoms in total. The zero-order valence-corrected chi connectivity index (χ0v) is 12.6. The van der Waals surface area contributed by atoms with Gasteiger partial charge in [-0.2, -0.15) is 5.26 Å². The Morgan fingerprint density at radius 1 is 1.39 bits per heavy atom. The molecule has 0 amide bonds. The number of pyridine rings is 1. The summed E-state index contributed by atoms with van der Waals surface area (Å²) in [7, 11) is 2.20. The van der Waals surface area contributed by atoms with Gasteiger partial charge in [0.2, 0.25) is 0 Å². The van der Waals surface area contributed by atoms with E-state index in [1.807, 2.05) is 12.3 Å². The number of halogens is 1. The van der Waals surface area contributed by atoms with Crippen LogP contribution in [0.4, 0.5) is 0 Å². The van der Waals surface area contributed by atoms with Crippen LogP contribution in [0.3, 0.4) is 0 Å². The molecule has 18 heavy (non-hydrogen) atoms. The van der Waals surface area contributed by atoms with Gasteiger partial charge in [0.25, 0.3) is 0 Å². The number of piperidine rings is 1. The highest BCUT2D eigenvalue weighted by Crippen LogP contribution is 2.45. The fraction of sp³-hybridized carbons (Fsp3) is 0.571. The Hall–Kier alpha value is -0.670. The van der Waals surface area contributed by atoms with E-state index in [0.29, 0.717) is 12.1 Å². The largest absolute Gasteiger partial charge is 0.300 e. The maximum absolute atomic E-state index is 9.70. The van der Waals surface area contributed by atoms with E-state index in [9.17, 15) is 5.26 Å². The van der Waals surface area contributed by atoms with E-state index in [1.54, 1.807) is 0 Å². The minimum atomic E-state index is -0.358. The fourth-order valence-electron chi connectivity index (χ4n) is 3.49. The number of aromatic nitrogens is 1. The molecule has 0 aromatic carbocycles. The summed E-state index contributed by atoms with van der Waals surface area (Å²) in [5, 5.41) is 9.70. The molecular formula is C14H16IN3. The molecule has 2 unspecified atom stereocenters. The van der Waals surface area contributed by atoms with Crippen molar-refractivity contribution in [3.63, 3.8) is 0 Å². The first-order valence-electron chi connectivity index (χ1n) is 6.40. The lowest BCUT2D eigenvalue weighted by molar-refractivity contribution is 0.134. The van der Waals surface area contributed by atoms with Crippen LogP contribution >= 0.6 is 22.6 Å². The van der Waals surface area contributed by atoms with Crippen molar-refractivity contribution < 1.29 is 0 Å². The van der Waals surface area contributed by atoms with Gasteiger partial charge in [0.1, 0.15) is 5.41 Å². The second kappa shape index (κ2) is 4.46. The Bertz CT molecular complexity index is 477. The van der Waals surface area contributed by atoms with Gasteiger partial charge in [0.15, 0.2) is 0 Å². The van der Waals surface area contributed by atoms with Crippen LogP contribution in [-0.4, -0.2) is 29.0 Å². The summed E-state index contributed by atoms with van der Waals surface area (Å²) in [5.74, 6) is 0. The molecular weight excluding hydrogens is 337 g/mol. The van der Waals surface area contributed by atoms with Gasteiger partial charge in [-0.25, -0.2) is 0 Å². The molecule has 94 valence electrons. The van der Waals surface area contributed by atoms with E-state index in [4.69, 9.17) is 0 Å². The predicted molar refractivity (Wildman–Crippen MR) is 78.1 cm³/mol. The molecule has 0 spiro atoms. The third kappa shape index (κ3) is 1.84. The molecule has 2 aliphatic heterocycles. The topological polar surface area (TPSA) is 39.9 Å². The van der Waals surface area contributed by atoms with Crippen LogP contribution in [0.25, 0.3) is 0 Å². The Kier molecular flexibility index (Phi) is 3.07. The first-order valence-corrected chi connectivity index (χ1v) is 7.48. The predicted octanol–water partition coefficient (Wildman–Crippen LogP) is 2.70. The van der Waals surface area contributed by atoms with Gasteiger partial charge in [0, 0.05) is 21.9 Å².